The molecule has 9 nitrogen and oxygen atoms in total. The summed E-state index contributed by atoms with van der Waals surface area (Å²) < 4.78 is 18.4. The highest BCUT2D eigenvalue weighted by Crippen LogP contribution is 2.53. The van der Waals surface area contributed by atoms with E-state index in [4.69, 9.17) is 25.8 Å². The predicted molar refractivity (Wildman–Crippen MR) is 152 cm³/mol. The van der Waals surface area contributed by atoms with Crippen LogP contribution in [0.4, 0.5) is 4.79 Å². The summed E-state index contributed by atoms with van der Waals surface area (Å²) >= 11 is 6.32. The summed E-state index contributed by atoms with van der Waals surface area (Å²) in [4.78, 5) is 39.3. The number of carbonyl (C=O) groups is 3. The Kier molecular flexibility index (Phi) is 9.25. The van der Waals surface area contributed by atoms with Gasteiger partial charge in [0.25, 0.3) is 0 Å². The van der Waals surface area contributed by atoms with Crippen molar-refractivity contribution in [3.05, 3.63) is 28.8 Å². The van der Waals surface area contributed by atoms with E-state index in [1.54, 1.807) is 0 Å². The van der Waals surface area contributed by atoms with Crippen molar-refractivity contribution in [1.29, 1.82) is 0 Å². The summed E-state index contributed by atoms with van der Waals surface area (Å²) in [5.41, 5.74) is 0.0259. The molecule has 5 atom stereocenters. The summed E-state index contributed by atoms with van der Waals surface area (Å²) in [6.45, 7) is 12.7. The van der Waals surface area contributed by atoms with E-state index in [9.17, 15) is 14.4 Å². The second kappa shape index (κ2) is 12.1. The van der Waals surface area contributed by atoms with Gasteiger partial charge in [-0.25, -0.2) is 4.79 Å². The summed E-state index contributed by atoms with van der Waals surface area (Å²) in [6, 6.07) is 5.11. The van der Waals surface area contributed by atoms with Crippen LogP contribution in [0.3, 0.4) is 0 Å². The monoisotopic (exact) mass is 577 g/mol. The number of unbranched alkanes of at least 4 members (excludes halogenated alkanes) is 1. The Morgan fingerprint density at radius 1 is 1.23 bits per heavy atom. The largest absolute Gasteiger partial charge is 0.487 e. The highest BCUT2D eigenvalue weighted by atomic mass is 35.5. The van der Waals surface area contributed by atoms with Crippen LogP contribution in [-0.2, 0) is 19.1 Å². The zero-order valence-electron chi connectivity index (χ0n) is 24.6. The van der Waals surface area contributed by atoms with E-state index in [1.807, 2.05) is 43.9 Å². The van der Waals surface area contributed by atoms with E-state index in [-0.39, 0.29) is 35.9 Å². The number of benzene rings is 1. The summed E-state index contributed by atoms with van der Waals surface area (Å²) in [5, 5.41) is 6.25. The number of nitrogens with one attached hydrogen (secondary N) is 2. The molecule has 0 aromatic heterocycles. The van der Waals surface area contributed by atoms with Gasteiger partial charge >= 0.3 is 6.09 Å². The van der Waals surface area contributed by atoms with Gasteiger partial charge in [-0.3, -0.25) is 9.59 Å². The first-order valence-electron chi connectivity index (χ1n) is 14.4. The van der Waals surface area contributed by atoms with Gasteiger partial charge in [0.05, 0.1) is 12.2 Å². The first kappa shape index (κ1) is 30.4. The molecule has 0 spiro atoms. The molecule has 3 heterocycles. The van der Waals surface area contributed by atoms with Crippen LogP contribution in [0.1, 0.15) is 85.3 Å². The van der Waals surface area contributed by atoms with E-state index in [2.05, 4.69) is 24.5 Å². The van der Waals surface area contributed by atoms with Gasteiger partial charge in [-0.1, -0.05) is 11.6 Å². The van der Waals surface area contributed by atoms with Crippen LogP contribution in [0.25, 0.3) is 0 Å². The van der Waals surface area contributed by atoms with Crippen molar-refractivity contribution in [1.82, 2.24) is 15.5 Å². The van der Waals surface area contributed by atoms with E-state index < -0.39 is 23.3 Å². The number of halogens is 1. The Bertz CT molecular complexity index is 1100. The molecule has 222 valence electrons. The molecule has 3 amide bonds. The van der Waals surface area contributed by atoms with Gasteiger partial charge in [0.2, 0.25) is 11.8 Å². The topological polar surface area (TPSA) is 106 Å². The molecule has 0 saturated carbocycles. The minimum absolute atomic E-state index is 0.0455. The van der Waals surface area contributed by atoms with E-state index in [0.717, 1.165) is 24.2 Å². The average Bonchev–Trinajstić information content (AvgIpc) is 2.85. The van der Waals surface area contributed by atoms with Crippen molar-refractivity contribution in [2.24, 2.45) is 11.8 Å². The second-order valence-electron chi connectivity index (χ2n) is 12.8. The van der Waals surface area contributed by atoms with Crippen LogP contribution in [-0.4, -0.2) is 65.8 Å². The maximum absolute atomic E-state index is 13.6. The van der Waals surface area contributed by atoms with E-state index in [0.29, 0.717) is 43.9 Å². The van der Waals surface area contributed by atoms with Gasteiger partial charge < -0.3 is 29.7 Å². The average molecular weight is 578 g/mol. The highest BCUT2D eigenvalue weighted by molar-refractivity contribution is 6.30. The molecule has 3 aliphatic rings. The third kappa shape index (κ3) is 7.40. The van der Waals surface area contributed by atoms with Crippen molar-refractivity contribution in [2.45, 2.75) is 103 Å². The molecule has 2 N–H and O–H groups in total. The Hall–Kier alpha value is -2.52. The molecule has 0 radical (unpaired) electrons. The molecule has 40 heavy (non-hydrogen) atoms. The zero-order valence-corrected chi connectivity index (χ0v) is 25.3. The van der Waals surface area contributed by atoms with Crippen molar-refractivity contribution < 1.29 is 28.6 Å². The molecule has 4 rings (SSSR count). The second-order valence-corrected chi connectivity index (χ2v) is 13.3. The summed E-state index contributed by atoms with van der Waals surface area (Å²) in [6.07, 6.45) is 2.95. The molecule has 0 unspecified atom stereocenters. The Labute approximate surface area is 242 Å². The van der Waals surface area contributed by atoms with Crippen molar-refractivity contribution >= 4 is 29.5 Å². The Morgan fingerprint density at radius 2 is 1.98 bits per heavy atom. The molecule has 10 heteroatoms. The number of fused-ring (bicyclic) bond motifs is 4. The predicted octanol–water partition coefficient (Wildman–Crippen LogP) is 5.01. The Morgan fingerprint density at radius 3 is 2.67 bits per heavy atom. The Balaban J connectivity index is 1.34. The van der Waals surface area contributed by atoms with E-state index >= 15 is 0 Å². The summed E-state index contributed by atoms with van der Waals surface area (Å²) in [5.74, 6) is 0.827. The number of amides is 3. The van der Waals surface area contributed by atoms with Crippen LogP contribution in [0.5, 0.6) is 5.75 Å². The number of alkyl carbamates (subject to hydrolysis) is 1. The SMILES string of the molecule is CC(=O)N[C@@H](CCCCNC(=O)OC(C)(C)C)C(=O)N1CC[C@H]2O[C@H]3c4cc(Cl)ccc4OC(C)(C)[C@@H]3C[C@H]2C1. The highest BCUT2D eigenvalue weighted by Gasteiger charge is 2.51. The number of hydrogen-bond acceptors (Lipinski definition) is 6. The molecular weight excluding hydrogens is 534 g/mol. The fourth-order valence-electron chi connectivity index (χ4n) is 6.18. The zero-order chi connectivity index (χ0) is 29.2. The molecule has 2 fully saturated rings. The van der Waals surface area contributed by atoms with Gasteiger partial charge in [0.1, 0.15) is 23.0 Å². The fourth-order valence-corrected chi connectivity index (χ4v) is 6.36. The smallest absolute Gasteiger partial charge is 0.407 e. The lowest BCUT2D eigenvalue weighted by Gasteiger charge is -2.53. The quantitative estimate of drug-likeness (QED) is 0.442. The normalized spacial score (nSPS) is 25.8. The number of likely N-dealkylation sites (tertiary alicyclic amines) is 1. The lowest BCUT2D eigenvalue weighted by atomic mass is 9.70. The van der Waals surface area contributed by atoms with Gasteiger partial charge in [0.15, 0.2) is 0 Å². The number of carbonyl (C=O) groups excluding carboxylic acids is 3. The third-order valence-corrected chi connectivity index (χ3v) is 8.26. The summed E-state index contributed by atoms with van der Waals surface area (Å²) in [7, 11) is 0. The molecule has 1 aromatic carbocycles. The number of piperidine rings is 1. The molecule has 3 aliphatic heterocycles. The van der Waals surface area contributed by atoms with Crippen molar-refractivity contribution in [3.63, 3.8) is 0 Å². The van der Waals surface area contributed by atoms with Gasteiger partial charge in [-0.15, -0.1) is 0 Å². The molecule has 0 bridgehead atoms. The molecule has 2 saturated heterocycles. The maximum Gasteiger partial charge on any atom is 0.407 e. The number of nitrogens with zero attached hydrogens (tertiary/aromatic N) is 1. The maximum atomic E-state index is 13.6. The molecule has 0 aliphatic carbocycles. The van der Waals surface area contributed by atoms with Crippen LogP contribution >= 0.6 is 11.6 Å². The van der Waals surface area contributed by atoms with Crippen LogP contribution in [0, 0.1) is 11.8 Å². The van der Waals surface area contributed by atoms with Crippen LogP contribution in [0.2, 0.25) is 5.02 Å². The van der Waals surface area contributed by atoms with Gasteiger partial charge in [-0.2, -0.15) is 0 Å². The van der Waals surface area contributed by atoms with Crippen LogP contribution in [0.15, 0.2) is 18.2 Å². The lowest BCUT2D eigenvalue weighted by molar-refractivity contribution is -0.189. The molecular formula is C30H44ClN3O6. The van der Waals surface area contributed by atoms with Crippen molar-refractivity contribution in [3.8, 4) is 5.75 Å². The number of hydrogen-bond donors (Lipinski definition) is 2. The minimum atomic E-state index is -0.601. The first-order valence-corrected chi connectivity index (χ1v) is 14.8. The third-order valence-electron chi connectivity index (χ3n) is 8.03. The van der Waals surface area contributed by atoms with Crippen molar-refractivity contribution in [2.75, 3.05) is 19.6 Å². The van der Waals surface area contributed by atoms with Gasteiger partial charge in [0, 0.05) is 49.0 Å². The minimum Gasteiger partial charge on any atom is -0.487 e. The first-order chi connectivity index (χ1) is 18.7. The standard InChI is InChI=1S/C30H44ClN3O6/c1-18(35)33-23(9-7-8-13-32-28(37)40-29(2,3)4)27(36)34-14-12-24-19(17-34)15-22-26(38-24)21-16-20(31)10-11-25(21)39-30(22,5)6/h10-11,16,19,22-24,26H,7-9,12-15,17H2,1-6H3,(H,32,37)(H,33,35)/t19-,22+,23-,24+,26-/m0/s1. The van der Waals surface area contributed by atoms with Gasteiger partial charge in [-0.05, 0) is 84.9 Å². The molecule has 1 aromatic rings. The number of ether oxygens (including phenoxy) is 3. The lowest BCUT2D eigenvalue weighted by Crippen LogP contribution is -2.58. The van der Waals surface area contributed by atoms with Crippen LogP contribution < -0.4 is 15.4 Å². The number of rotatable bonds is 7. The fraction of sp³-hybridized carbons (Fsp3) is 0.700. The van der Waals surface area contributed by atoms with E-state index in [1.165, 1.54) is 6.92 Å².